The monoisotopic (exact) mass is 315 g/mol. The maximum absolute atomic E-state index is 12.0. The number of furan rings is 1. The lowest BCUT2D eigenvalue weighted by molar-refractivity contribution is -0.117. The molecule has 0 aliphatic carbocycles. The Hall–Kier alpha value is -1.83. The lowest BCUT2D eigenvalue weighted by Crippen LogP contribution is -2.36. The highest BCUT2D eigenvalue weighted by atomic mass is 79.9. The van der Waals surface area contributed by atoms with E-state index in [1.807, 2.05) is 0 Å². The van der Waals surface area contributed by atoms with Crippen molar-refractivity contribution in [1.29, 1.82) is 0 Å². The molecular formula is C10H10BrN3O4. The quantitative estimate of drug-likeness (QED) is 0.816. The van der Waals surface area contributed by atoms with Gasteiger partial charge in [-0.25, -0.2) is 4.79 Å². The third-order valence-corrected chi connectivity index (χ3v) is 3.33. The van der Waals surface area contributed by atoms with E-state index in [0.29, 0.717) is 5.56 Å². The van der Waals surface area contributed by atoms with Gasteiger partial charge in [0, 0.05) is 19.7 Å². The first-order valence-electron chi connectivity index (χ1n) is 4.99. The minimum atomic E-state index is -0.589. The molecule has 0 atom stereocenters. The Morgan fingerprint density at radius 2 is 1.94 bits per heavy atom. The topological polar surface area (TPSA) is 100 Å². The highest BCUT2D eigenvalue weighted by molar-refractivity contribution is 9.10. The second-order valence-electron chi connectivity index (χ2n) is 3.88. The van der Waals surface area contributed by atoms with E-state index in [1.165, 1.54) is 18.7 Å². The normalized spacial score (nSPS) is 11.1. The van der Waals surface area contributed by atoms with Crippen molar-refractivity contribution in [3.8, 4) is 0 Å². The maximum Gasteiger partial charge on any atom is 0.333 e. The van der Waals surface area contributed by atoms with Gasteiger partial charge in [0.25, 0.3) is 5.56 Å². The second kappa shape index (κ2) is 4.13. The van der Waals surface area contributed by atoms with Crippen molar-refractivity contribution in [2.45, 2.75) is 6.42 Å². The van der Waals surface area contributed by atoms with Crippen LogP contribution in [-0.2, 0) is 25.3 Å². The molecule has 1 amide bonds. The van der Waals surface area contributed by atoms with Crippen molar-refractivity contribution in [1.82, 2.24) is 9.13 Å². The molecule has 2 N–H and O–H groups in total. The van der Waals surface area contributed by atoms with Crippen LogP contribution in [0.15, 0.2) is 18.7 Å². The van der Waals surface area contributed by atoms with Crippen LogP contribution in [-0.4, -0.2) is 15.0 Å². The zero-order valence-corrected chi connectivity index (χ0v) is 11.3. The number of halogens is 1. The largest absolute Gasteiger partial charge is 0.432 e. The predicted molar refractivity (Wildman–Crippen MR) is 67.3 cm³/mol. The Kier molecular flexibility index (Phi) is 2.89. The Bertz CT molecular complexity index is 768. The molecule has 2 rings (SSSR count). The van der Waals surface area contributed by atoms with E-state index in [-0.39, 0.29) is 22.2 Å². The fourth-order valence-corrected chi connectivity index (χ4v) is 2.27. The van der Waals surface area contributed by atoms with E-state index in [1.54, 1.807) is 0 Å². The van der Waals surface area contributed by atoms with Crippen LogP contribution < -0.4 is 17.0 Å². The third kappa shape index (κ3) is 1.69. The van der Waals surface area contributed by atoms with Crippen LogP contribution in [0.4, 0.5) is 0 Å². The van der Waals surface area contributed by atoms with Crippen LogP contribution in [0, 0.1) is 0 Å². The van der Waals surface area contributed by atoms with Gasteiger partial charge < -0.3 is 10.2 Å². The van der Waals surface area contributed by atoms with Crippen molar-refractivity contribution in [3.63, 3.8) is 0 Å². The Labute approximate surface area is 109 Å². The standard InChI is InChI=1S/C10H10BrN3O4/c1-13-8(16)6-4(3-5(12)15)7(11)18-9(6)14(2)10(13)17/h3H2,1-2H3,(H2,12,15). The highest BCUT2D eigenvalue weighted by Crippen LogP contribution is 2.27. The number of fused-ring (bicyclic) bond motifs is 1. The van der Waals surface area contributed by atoms with E-state index >= 15 is 0 Å². The average Bonchev–Trinajstić information content (AvgIpc) is 2.61. The summed E-state index contributed by atoms with van der Waals surface area (Å²) in [5.41, 5.74) is 4.58. The SMILES string of the molecule is Cn1c(=O)c2c(CC(N)=O)c(Br)oc2n(C)c1=O. The van der Waals surface area contributed by atoms with Gasteiger partial charge in [-0.1, -0.05) is 0 Å². The summed E-state index contributed by atoms with van der Waals surface area (Å²) in [6, 6.07) is 0. The summed E-state index contributed by atoms with van der Waals surface area (Å²) in [6.07, 6.45) is -0.138. The number of hydrogen-bond acceptors (Lipinski definition) is 4. The van der Waals surface area contributed by atoms with Gasteiger partial charge in [-0.05, 0) is 15.9 Å². The van der Waals surface area contributed by atoms with Crippen molar-refractivity contribution >= 4 is 32.9 Å². The van der Waals surface area contributed by atoms with Crippen molar-refractivity contribution in [2.24, 2.45) is 19.8 Å². The van der Waals surface area contributed by atoms with Crippen molar-refractivity contribution in [3.05, 3.63) is 31.1 Å². The van der Waals surface area contributed by atoms with Crippen LogP contribution in [0.1, 0.15) is 5.56 Å². The number of primary amides is 1. The number of amides is 1. The molecule has 8 heteroatoms. The molecule has 0 fully saturated rings. The van der Waals surface area contributed by atoms with E-state index in [2.05, 4.69) is 15.9 Å². The first kappa shape index (κ1) is 12.6. The van der Waals surface area contributed by atoms with E-state index in [0.717, 1.165) is 4.57 Å². The number of aromatic nitrogens is 2. The molecule has 2 aromatic rings. The molecule has 0 bridgehead atoms. The molecule has 0 saturated carbocycles. The van der Waals surface area contributed by atoms with E-state index < -0.39 is 17.2 Å². The zero-order valence-electron chi connectivity index (χ0n) is 9.69. The van der Waals surface area contributed by atoms with Crippen LogP contribution in [0.3, 0.4) is 0 Å². The molecule has 0 spiro atoms. The molecular weight excluding hydrogens is 306 g/mol. The van der Waals surface area contributed by atoms with Gasteiger partial charge in [0.1, 0.15) is 5.39 Å². The molecule has 7 nitrogen and oxygen atoms in total. The summed E-state index contributed by atoms with van der Waals surface area (Å²) in [5.74, 6) is -0.589. The number of carbonyl (C=O) groups is 1. The highest BCUT2D eigenvalue weighted by Gasteiger charge is 2.21. The van der Waals surface area contributed by atoms with Gasteiger partial charge in [0.15, 0.2) is 4.67 Å². The molecule has 0 radical (unpaired) electrons. The first-order chi connectivity index (χ1) is 8.34. The summed E-state index contributed by atoms with van der Waals surface area (Å²) in [5, 5.41) is 0.185. The van der Waals surface area contributed by atoms with Gasteiger partial charge >= 0.3 is 5.69 Å². The fraction of sp³-hybridized carbons (Fsp3) is 0.300. The van der Waals surface area contributed by atoms with Crippen molar-refractivity contribution < 1.29 is 9.21 Å². The van der Waals surface area contributed by atoms with E-state index in [4.69, 9.17) is 10.2 Å². The number of rotatable bonds is 2. The van der Waals surface area contributed by atoms with Crippen molar-refractivity contribution in [2.75, 3.05) is 0 Å². The van der Waals surface area contributed by atoms with Gasteiger partial charge in [0.05, 0.1) is 6.42 Å². The number of carbonyl (C=O) groups excluding carboxylic acids is 1. The second-order valence-corrected chi connectivity index (χ2v) is 4.60. The molecule has 0 aliphatic heterocycles. The summed E-state index contributed by atoms with van der Waals surface area (Å²) in [4.78, 5) is 34.7. The summed E-state index contributed by atoms with van der Waals surface area (Å²) in [6.45, 7) is 0. The van der Waals surface area contributed by atoms with Crippen LogP contribution in [0.25, 0.3) is 11.1 Å². The minimum Gasteiger partial charge on any atom is -0.432 e. The predicted octanol–water partition coefficient (Wildman–Crippen LogP) is -0.380. The molecule has 18 heavy (non-hydrogen) atoms. The number of nitrogens with two attached hydrogens (primary N) is 1. The smallest absolute Gasteiger partial charge is 0.333 e. The van der Waals surface area contributed by atoms with E-state index in [9.17, 15) is 14.4 Å². The van der Waals surface area contributed by atoms with Crippen LogP contribution in [0.2, 0.25) is 0 Å². The fourth-order valence-electron chi connectivity index (χ4n) is 1.78. The minimum absolute atomic E-state index is 0.117. The van der Waals surface area contributed by atoms with Gasteiger partial charge in [-0.15, -0.1) is 0 Å². The summed E-state index contributed by atoms with van der Waals surface area (Å²) < 4.78 is 7.69. The Morgan fingerprint density at radius 3 is 2.50 bits per heavy atom. The Balaban J connectivity index is 2.99. The summed E-state index contributed by atoms with van der Waals surface area (Å²) >= 11 is 3.12. The molecule has 0 aromatic carbocycles. The number of aryl methyl sites for hydroxylation is 1. The Morgan fingerprint density at radius 1 is 1.33 bits per heavy atom. The molecule has 96 valence electrons. The number of hydrogen-bond donors (Lipinski definition) is 1. The van der Waals surface area contributed by atoms with Gasteiger partial charge in [-0.2, -0.15) is 0 Å². The van der Waals surface area contributed by atoms with Gasteiger partial charge in [0.2, 0.25) is 11.6 Å². The van der Waals surface area contributed by atoms with Gasteiger partial charge in [-0.3, -0.25) is 18.7 Å². The lowest BCUT2D eigenvalue weighted by Gasteiger charge is -2.02. The average molecular weight is 316 g/mol. The lowest BCUT2D eigenvalue weighted by atomic mass is 10.2. The maximum atomic E-state index is 12.0. The van der Waals surface area contributed by atoms with Crippen LogP contribution in [0.5, 0.6) is 0 Å². The molecule has 0 unspecified atom stereocenters. The molecule has 2 aromatic heterocycles. The molecule has 0 saturated heterocycles. The zero-order chi connectivity index (χ0) is 13.6. The first-order valence-corrected chi connectivity index (χ1v) is 5.79. The summed E-state index contributed by atoms with van der Waals surface area (Å²) in [7, 11) is 2.84. The third-order valence-electron chi connectivity index (χ3n) is 2.69. The number of nitrogens with zero attached hydrogens (tertiary/aromatic N) is 2. The molecule has 0 aliphatic rings. The van der Waals surface area contributed by atoms with Crippen LogP contribution >= 0.6 is 15.9 Å². The molecule has 2 heterocycles.